The summed E-state index contributed by atoms with van der Waals surface area (Å²) in [4.78, 5) is 23.5. The minimum absolute atomic E-state index is 0.0387. The molecule has 2 aromatic carbocycles. The Hall–Kier alpha value is -1.98. The molecule has 36 heavy (non-hydrogen) atoms. The standard InChI is InChI=1S/C26H34N4O3S3/c1-28(2)17-18-30(26-27-24-22(34-4)11-8-12-23(24)35-26)25(31)19-13-15-21(16-14-19)36(32,33)29(3)20-9-6-5-7-10-20/h8,11-16,20H,5-7,9-10,17-18H2,1-4H3. The molecule has 0 aliphatic heterocycles. The topological polar surface area (TPSA) is 73.8 Å². The molecule has 1 saturated carbocycles. The fourth-order valence-corrected chi connectivity index (χ4v) is 7.57. The van der Waals surface area contributed by atoms with E-state index in [1.165, 1.54) is 22.1 Å². The number of hydrogen-bond acceptors (Lipinski definition) is 7. The van der Waals surface area contributed by atoms with E-state index in [1.807, 2.05) is 43.5 Å². The zero-order valence-corrected chi connectivity index (χ0v) is 23.8. The lowest BCUT2D eigenvalue weighted by Crippen LogP contribution is -2.38. The van der Waals surface area contributed by atoms with Gasteiger partial charge in [-0.2, -0.15) is 4.31 Å². The van der Waals surface area contributed by atoms with Gasteiger partial charge < -0.3 is 4.90 Å². The number of likely N-dealkylation sites (N-methyl/N-ethyl adjacent to an activating group) is 1. The van der Waals surface area contributed by atoms with Crippen molar-refractivity contribution in [2.24, 2.45) is 0 Å². The van der Waals surface area contributed by atoms with Crippen LogP contribution in [0.15, 0.2) is 52.3 Å². The number of benzene rings is 2. The molecular weight excluding hydrogens is 513 g/mol. The lowest BCUT2D eigenvalue weighted by atomic mass is 9.96. The fourth-order valence-electron chi connectivity index (χ4n) is 4.51. The van der Waals surface area contributed by atoms with Gasteiger partial charge in [0.2, 0.25) is 10.0 Å². The molecule has 10 heteroatoms. The molecule has 0 atom stereocenters. The number of nitrogens with zero attached hydrogens (tertiary/aromatic N) is 4. The van der Waals surface area contributed by atoms with Gasteiger partial charge in [-0.25, -0.2) is 13.4 Å². The Labute approximate surface area is 222 Å². The van der Waals surface area contributed by atoms with Crippen LogP contribution in [-0.2, 0) is 10.0 Å². The van der Waals surface area contributed by atoms with Crippen LogP contribution in [0.5, 0.6) is 0 Å². The van der Waals surface area contributed by atoms with Crippen LogP contribution in [-0.4, -0.2) is 75.0 Å². The van der Waals surface area contributed by atoms with Gasteiger partial charge in [-0.1, -0.05) is 36.7 Å². The van der Waals surface area contributed by atoms with Crippen LogP contribution in [0.25, 0.3) is 10.2 Å². The van der Waals surface area contributed by atoms with Crippen molar-refractivity contribution in [3.63, 3.8) is 0 Å². The van der Waals surface area contributed by atoms with E-state index >= 15 is 0 Å². The molecule has 1 amide bonds. The van der Waals surface area contributed by atoms with Gasteiger partial charge in [0.15, 0.2) is 5.13 Å². The number of aromatic nitrogens is 1. The minimum Gasteiger partial charge on any atom is -0.308 e. The van der Waals surface area contributed by atoms with E-state index in [1.54, 1.807) is 48.0 Å². The summed E-state index contributed by atoms with van der Waals surface area (Å²) in [6, 6.07) is 12.4. The van der Waals surface area contributed by atoms with E-state index in [0.29, 0.717) is 23.8 Å². The summed E-state index contributed by atoms with van der Waals surface area (Å²) in [5.74, 6) is -0.189. The largest absolute Gasteiger partial charge is 0.308 e. The van der Waals surface area contributed by atoms with Crippen LogP contribution in [0, 0.1) is 0 Å². The molecule has 1 aliphatic carbocycles. The highest BCUT2D eigenvalue weighted by molar-refractivity contribution is 7.98. The van der Waals surface area contributed by atoms with E-state index in [-0.39, 0.29) is 16.8 Å². The van der Waals surface area contributed by atoms with Crippen molar-refractivity contribution in [3.05, 3.63) is 48.0 Å². The number of amides is 1. The van der Waals surface area contributed by atoms with Gasteiger partial charge in [-0.3, -0.25) is 9.69 Å². The van der Waals surface area contributed by atoms with E-state index in [4.69, 9.17) is 4.98 Å². The van der Waals surface area contributed by atoms with Crippen LogP contribution in [0.2, 0.25) is 0 Å². The molecule has 0 spiro atoms. The zero-order chi connectivity index (χ0) is 25.9. The number of carbonyl (C=O) groups excluding carboxylic acids is 1. The molecule has 3 aromatic rings. The van der Waals surface area contributed by atoms with E-state index in [0.717, 1.165) is 40.8 Å². The molecule has 1 aromatic heterocycles. The Morgan fingerprint density at radius 2 is 1.72 bits per heavy atom. The first kappa shape index (κ1) is 27.1. The summed E-state index contributed by atoms with van der Waals surface area (Å²) in [6.45, 7) is 1.15. The molecular formula is C26H34N4O3S3. The van der Waals surface area contributed by atoms with Crippen molar-refractivity contribution in [2.45, 2.75) is 47.9 Å². The highest BCUT2D eigenvalue weighted by Gasteiger charge is 2.29. The summed E-state index contributed by atoms with van der Waals surface area (Å²) in [5, 5.41) is 0.645. The van der Waals surface area contributed by atoms with Crippen molar-refractivity contribution in [3.8, 4) is 0 Å². The molecule has 1 fully saturated rings. The van der Waals surface area contributed by atoms with Crippen molar-refractivity contribution >= 4 is 54.4 Å². The highest BCUT2D eigenvalue weighted by Crippen LogP contribution is 2.35. The fraction of sp³-hybridized carbons (Fsp3) is 0.462. The van der Waals surface area contributed by atoms with Crippen LogP contribution >= 0.6 is 23.1 Å². The Morgan fingerprint density at radius 3 is 2.36 bits per heavy atom. The first-order valence-corrected chi connectivity index (χ1v) is 15.7. The maximum Gasteiger partial charge on any atom is 0.260 e. The van der Waals surface area contributed by atoms with Crippen LogP contribution < -0.4 is 4.90 Å². The van der Waals surface area contributed by atoms with Gasteiger partial charge in [-0.05, 0) is 69.6 Å². The van der Waals surface area contributed by atoms with E-state index in [2.05, 4.69) is 0 Å². The maximum absolute atomic E-state index is 13.6. The average molecular weight is 547 g/mol. The van der Waals surface area contributed by atoms with Crippen molar-refractivity contribution in [2.75, 3.05) is 45.4 Å². The van der Waals surface area contributed by atoms with Gasteiger partial charge in [0.25, 0.3) is 5.91 Å². The van der Waals surface area contributed by atoms with Crippen LogP contribution in [0.1, 0.15) is 42.5 Å². The second-order valence-corrected chi connectivity index (χ2v) is 13.3. The summed E-state index contributed by atoms with van der Waals surface area (Å²) in [5.41, 5.74) is 1.34. The molecule has 0 saturated heterocycles. The molecule has 0 bridgehead atoms. The number of carbonyl (C=O) groups is 1. The summed E-state index contributed by atoms with van der Waals surface area (Å²) < 4.78 is 29.0. The van der Waals surface area contributed by atoms with E-state index < -0.39 is 10.0 Å². The second kappa shape index (κ2) is 11.6. The van der Waals surface area contributed by atoms with Crippen LogP contribution in [0.4, 0.5) is 5.13 Å². The Kier molecular flexibility index (Phi) is 8.72. The lowest BCUT2D eigenvalue weighted by Gasteiger charge is -2.30. The molecule has 0 radical (unpaired) electrons. The molecule has 0 N–H and O–H groups in total. The highest BCUT2D eigenvalue weighted by atomic mass is 32.2. The van der Waals surface area contributed by atoms with Crippen LogP contribution in [0.3, 0.4) is 0 Å². The average Bonchev–Trinajstić information content (AvgIpc) is 3.32. The Bertz CT molecular complexity index is 1300. The van der Waals surface area contributed by atoms with Crippen molar-refractivity contribution in [1.29, 1.82) is 0 Å². The first-order valence-electron chi connectivity index (χ1n) is 12.2. The molecule has 1 aliphatic rings. The van der Waals surface area contributed by atoms with Crippen molar-refractivity contribution in [1.82, 2.24) is 14.2 Å². The number of para-hydroxylation sites is 1. The third kappa shape index (κ3) is 5.78. The molecule has 194 valence electrons. The summed E-state index contributed by atoms with van der Waals surface area (Å²) in [6.07, 6.45) is 7.10. The number of rotatable bonds is 9. The monoisotopic (exact) mass is 546 g/mol. The van der Waals surface area contributed by atoms with Gasteiger partial charge >= 0.3 is 0 Å². The van der Waals surface area contributed by atoms with Gasteiger partial charge in [0, 0.05) is 36.6 Å². The first-order chi connectivity index (χ1) is 17.2. The maximum atomic E-state index is 13.6. The smallest absolute Gasteiger partial charge is 0.260 e. The van der Waals surface area contributed by atoms with Gasteiger partial charge in [-0.15, -0.1) is 11.8 Å². The third-order valence-corrected chi connectivity index (χ3v) is 10.4. The SMILES string of the molecule is CSc1cccc2sc(N(CCN(C)C)C(=O)c3ccc(S(=O)(=O)N(C)C4CCCCC4)cc3)nc12. The number of fused-ring (bicyclic) bond motifs is 1. The van der Waals surface area contributed by atoms with Gasteiger partial charge in [0.05, 0.1) is 15.1 Å². The predicted octanol–water partition coefficient (Wildman–Crippen LogP) is 5.18. The van der Waals surface area contributed by atoms with Gasteiger partial charge in [0.1, 0.15) is 0 Å². The van der Waals surface area contributed by atoms with E-state index in [9.17, 15) is 13.2 Å². The number of anilines is 1. The summed E-state index contributed by atoms with van der Waals surface area (Å²) >= 11 is 3.13. The normalized spacial score (nSPS) is 15.2. The Morgan fingerprint density at radius 1 is 1.03 bits per heavy atom. The number of hydrogen-bond donors (Lipinski definition) is 0. The predicted molar refractivity (Wildman–Crippen MR) is 150 cm³/mol. The molecule has 7 nitrogen and oxygen atoms in total. The number of thiazole rings is 1. The molecule has 4 rings (SSSR count). The minimum atomic E-state index is -3.61. The molecule has 0 unspecified atom stereocenters. The zero-order valence-electron chi connectivity index (χ0n) is 21.3. The lowest BCUT2D eigenvalue weighted by molar-refractivity contribution is 0.0985. The summed E-state index contributed by atoms with van der Waals surface area (Å²) in [7, 11) is 1.99. The quantitative estimate of drug-likeness (QED) is 0.345. The number of sulfonamides is 1. The molecule has 1 heterocycles. The second-order valence-electron chi connectivity index (χ2n) is 9.40. The van der Waals surface area contributed by atoms with Crippen molar-refractivity contribution < 1.29 is 13.2 Å². The Balaban J connectivity index is 1.61. The number of thioether (sulfide) groups is 1. The third-order valence-electron chi connectivity index (χ3n) is 6.70.